The van der Waals surface area contributed by atoms with Gasteiger partial charge in [-0.25, -0.2) is 0 Å². The van der Waals surface area contributed by atoms with Crippen LogP contribution in [-0.2, 0) is 0 Å². The van der Waals surface area contributed by atoms with Crippen LogP contribution in [0.3, 0.4) is 0 Å². The molecule has 6 nitrogen and oxygen atoms in total. The Labute approximate surface area is 90.6 Å². The van der Waals surface area contributed by atoms with Gasteiger partial charge >= 0.3 is 0 Å². The second-order valence-corrected chi connectivity index (χ2v) is 3.27. The van der Waals surface area contributed by atoms with Gasteiger partial charge in [-0.2, -0.15) is 4.98 Å². The van der Waals surface area contributed by atoms with E-state index >= 15 is 0 Å². The number of benzene rings is 1. The van der Waals surface area contributed by atoms with Gasteiger partial charge in [0.15, 0.2) is 5.69 Å². The van der Waals surface area contributed by atoms with E-state index < -0.39 is 11.4 Å². The molecule has 1 heterocycles. The van der Waals surface area contributed by atoms with Gasteiger partial charge in [-0.05, 0) is 24.3 Å². The minimum atomic E-state index is -0.570. The van der Waals surface area contributed by atoms with E-state index in [1.807, 2.05) is 0 Å². The van der Waals surface area contributed by atoms with Gasteiger partial charge in [0, 0.05) is 11.3 Å². The first-order chi connectivity index (χ1) is 7.58. The number of nitrogens with one attached hydrogen (secondary N) is 1. The first-order valence-corrected chi connectivity index (χ1v) is 4.52. The lowest BCUT2D eigenvalue weighted by Crippen LogP contribution is -2.13. The fourth-order valence-corrected chi connectivity index (χ4v) is 1.25. The number of nitrogens with two attached hydrogens (primary N) is 2. The maximum absolute atomic E-state index is 11.3. The molecule has 0 saturated heterocycles. The number of aromatic amines is 1. The molecule has 0 radical (unpaired) electrons. The van der Waals surface area contributed by atoms with E-state index in [9.17, 15) is 9.90 Å². The summed E-state index contributed by atoms with van der Waals surface area (Å²) in [6.07, 6.45) is 0. The number of aromatic hydroxyl groups is 1. The Hall–Kier alpha value is -2.50. The standard InChI is InChI=1S/C10H10N4O2/c11-6-3-1-5(2-4-6)8-13-9(15)7(12)10(16)14-8/h1-4H,11-12H2,(H2,13,14,15,16). The Bertz CT molecular complexity index is 574. The minimum Gasteiger partial charge on any atom is -0.492 e. The summed E-state index contributed by atoms with van der Waals surface area (Å²) in [5, 5.41) is 9.32. The summed E-state index contributed by atoms with van der Waals surface area (Å²) in [5.74, 6) is -0.229. The molecule has 0 amide bonds. The molecule has 0 saturated carbocycles. The minimum absolute atomic E-state index is 0.247. The molecule has 1 aromatic heterocycles. The Morgan fingerprint density at radius 1 is 1.19 bits per heavy atom. The van der Waals surface area contributed by atoms with E-state index in [0.29, 0.717) is 11.3 Å². The van der Waals surface area contributed by atoms with Crippen LogP contribution < -0.4 is 17.0 Å². The second kappa shape index (κ2) is 3.58. The van der Waals surface area contributed by atoms with E-state index in [2.05, 4.69) is 9.97 Å². The molecule has 1 aromatic carbocycles. The fourth-order valence-electron chi connectivity index (χ4n) is 1.25. The highest BCUT2D eigenvalue weighted by atomic mass is 16.3. The third-order valence-electron chi connectivity index (χ3n) is 2.12. The van der Waals surface area contributed by atoms with Crippen LogP contribution in [0.25, 0.3) is 11.4 Å². The molecule has 82 valence electrons. The van der Waals surface area contributed by atoms with Gasteiger partial charge in [-0.1, -0.05) is 0 Å². The molecule has 0 atom stereocenters. The summed E-state index contributed by atoms with van der Waals surface area (Å²) < 4.78 is 0. The molecule has 0 aliphatic heterocycles. The molecule has 0 aliphatic carbocycles. The lowest BCUT2D eigenvalue weighted by Gasteiger charge is -2.03. The molecular weight excluding hydrogens is 208 g/mol. The fraction of sp³-hybridized carbons (Fsp3) is 0. The van der Waals surface area contributed by atoms with Gasteiger partial charge in [0.2, 0.25) is 5.88 Å². The van der Waals surface area contributed by atoms with Gasteiger partial charge in [0.25, 0.3) is 5.56 Å². The maximum atomic E-state index is 11.3. The smallest absolute Gasteiger partial charge is 0.278 e. The number of H-pyrrole nitrogens is 1. The van der Waals surface area contributed by atoms with Crippen LogP contribution in [0, 0.1) is 0 Å². The molecule has 2 rings (SSSR count). The van der Waals surface area contributed by atoms with Crippen molar-refractivity contribution < 1.29 is 5.11 Å². The summed E-state index contributed by atoms with van der Waals surface area (Å²) >= 11 is 0. The molecular formula is C10H10N4O2. The van der Waals surface area contributed by atoms with Crippen LogP contribution in [0.5, 0.6) is 5.88 Å². The monoisotopic (exact) mass is 218 g/mol. The topological polar surface area (TPSA) is 118 Å². The average Bonchev–Trinajstić information content (AvgIpc) is 2.26. The normalized spacial score (nSPS) is 10.2. The van der Waals surface area contributed by atoms with Crippen molar-refractivity contribution in [3.63, 3.8) is 0 Å². The Morgan fingerprint density at radius 3 is 2.38 bits per heavy atom. The van der Waals surface area contributed by atoms with Gasteiger partial charge in [0.05, 0.1) is 0 Å². The van der Waals surface area contributed by atoms with Crippen molar-refractivity contribution in [1.29, 1.82) is 0 Å². The molecule has 6 heteroatoms. The maximum Gasteiger partial charge on any atom is 0.278 e. The molecule has 6 N–H and O–H groups in total. The predicted molar refractivity (Wildman–Crippen MR) is 60.8 cm³/mol. The molecule has 2 aromatic rings. The highest BCUT2D eigenvalue weighted by Gasteiger charge is 2.07. The van der Waals surface area contributed by atoms with Crippen LogP contribution in [0.1, 0.15) is 0 Å². The van der Waals surface area contributed by atoms with Crippen molar-refractivity contribution in [2.75, 3.05) is 11.5 Å². The number of aromatic nitrogens is 2. The average molecular weight is 218 g/mol. The number of nitrogens with zero attached hydrogens (tertiary/aromatic N) is 1. The summed E-state index contributed by atoms with van der Waals surface area (Å²) in [6, 6.07) is 6.71. The summed E-state index contributed by atoms with van der Waals surface area (Å²) in [4.78, 5) is 17.5. The van der Waals surface area contributed by atoms with Crippen molar-refractivity contribution >= 4 is 11.4 Å². The third-order valence-corrected chi connectivity index (χ3v) is 2.12. The molecule has 0 unspecified atom stereocenters. The number of nitrogen functional groups attached to an aromatic ring is 2. The molecule has 0 fully saturated rings. The third kappa shape index (κ3) is 1.68. The van der Waals surface area contributed by atoms with Crippen LogP contribution in [0.2, 0.25) is 0 Å². The lowest BCUT2D eigenvalue weighted by atomic mass is 10.2. The van der Waals surface area contributed by atoms with E-state index in [0.717, 1.165) is 0 Å². The zero-order valence-corrected chi connectivity index (χ0v) is 8.27. The van der Waals surface area contributed by atoms with Crippen molar-refractivity contribution in [2.45, 2.75) is 0 Å². The first kappa shape index (κ1) is 10.0. The second-order valence-electron chi connectivity index (χ2n) is 3.27. The van der Waals surface area contributed by atoms with Crippen LogP contribution >= 0.6 is 0 Å². The predicted octanol–water partition coefficient (Wildman–Crippen LogP) is 0.307. The van der Waals surface area contributed by atoms with Crippen LogP contribution in [0.15, 0.2) is 29.1 Å². The van der Waals surface area contributed by atoms with E-state index in [1.165, 1.54) is 0 Å². The summed E-state index contributed by atoms with van der Waals surface area (Å²) in [6.45, 7) is 0. The highest BCUT2D eigenvalue weighted by Crippen LogP contribution is 2.19. The van der Waals surface area contributed by atoms with Crippen molar-refractivity contribution in [2.24, 2.45) is 0 Å². The summed E-state index contributed by atoms with van der Waals surface area (Å²) in [5.41, 5.74) is 11.2. The van der Waals surface area contributed by atoms with Gasteiger partial charge in [0.1, 0.15) is 5.82 Å². The number of anilines is 2. The molecule has 16 heavy (non-hydrogen) atoms. The zero-order chi connectivity index (χ0) is 11.7. The number of rotatable bonds is 1. The van der Waals surface area contributed by atoms with Gasteiger partial charge in [-0.3, -0.25) is 4.79 Å². The van der Waals surface area contributed by atoms with Gasteiger partial charge < -0.3 is 21.6 Å². The molecule has 0 spiro atoms. The van der Waals surface area contributed by atoms with Crippen molar-refractivity contribution in [3.8, 4) is 17.3 Å². The quantitative estimate of drug-likeness (QED) is 0.513. The van der Waals surface area contributed by atoms with E-state index in [-0.39, 0.29) is 11.5 Å². The summed E-state index contributed by atoms with van der Waals surface area (Å²) in [7, 11) is 0. The van der Waals surface area contributed by atoms with Crippen molar-refractivity contribution in [3.05, 3.63) is 34.6 Å². The Morgan fingerprint density at radius 2 is 1.81 bits per heavy atom. The number of hydrogen-bond donors (Lipinski definition) is 4. The SMILES string of the molecule is Nc1ccc(-c2nc(O)c(N)c(=O)[nH]2)cc1. The number of hydrogen-bond acceptors (Lipinski definition) is 5. The lowest BCUT2D eigenvalue weighted by molar-refractivity contribution is 0.455. The Balaban J connectivity index is 2.57. The zero-order valence-electron chi connectivity index (χ0n) is 8.27. The Kier molecular flexibility index (Phi) is 2.24. The first-order valence-electron chi connectivity index (χ1n) is 4.52. The molecule has 0 bridgehead atoms. The van der Waals surface area contributed by atoms with E-state index in [4.69, 9.17) is 11.5 Å². The van der Waals surface area contributed by atoms with Crippen LogP contribution in [-0.4, -0.2) is 15.1 Å². The molecule has 0 aliphatic rings. The van der Waals surface area contributed by atoms with Crippen LogP contribution in [0.4, 0.5) is 11.4 Å². The highest BCUT2D eigenvalue weighted by molar-refractivity contribution is 5.60. The van der Waals surface area contributed by atoms with Gasteiger partial charge in [-0.15, -0.1) is 0 Å². The largest absolute Gasteiger partial charge is 0.492 e. The van der Waals surface area contributed by atoms with E-state index in [1.54, 1.807) is 24.3 Å². The van der Waals surface area contributed by atoms with Crippen molar-refractivity contribution in [1.82, 2.24) is 9.97 Å².